The molecule has 4 rings (SSSR count). The van der Waals surface area contributed by atoms with Gasteiger partial charge in [0.15, 0.2) is 0 Å². The van der Waals surface area contributed by atoms with E-state index in [2.05, 4.69) is 82.2 Å². The molecule has 2 aromatic rings. The van der Waals surface area contributed by atoms with Gasteiger partial charge in [-0.05, 0) is 31.3 Å². The second kappa shape index (κ2) is 6.80. The fraction of sp³-hybridized carbons (Fsp3) is 0.300. The first-order valence-corrected chi connectivity index (χ1v) is 9.18. The molecule has 122 valence electrons. The molecule has 0 amide bonds. The van der Waals surface area contributed by atoms with Crippen molar-refractivity contribution in [2.45, 2.75) is 9.79 Å². The van der Waals surface area contributed by atoms with Crippen molar-refractivity contribution in [2.75, 3.05) is 44.7 Å². The molecule has 24 heavy (non-hydrogen) atoms. The lowest BCUT2D eigenvalue weighted by Gasteiger charge is -2.31. The third-order valence-corrected chi connectivity index (χ3v) is 5.64. The van der Waals surface area contributed by atoms with Gasteiger partial charge in [-0.25, -0.2) is 0 Å². The van der Waals surface area contributed by atoms with Gasteiger partial charge in [0.2, 0.25) is 0 Å². The summed E-state index contributed by atoms with van der Waals surface area (Å²) < 4.78 is 0. The number of benzene rings is 2. The Morgan fingerprint density at radius 1 is 0.875 bits per heavy atom. The van der Waals surface area contributed by atoms with Crippen LogP contribution < -0.4 is 4.90 Å². The summed E-state index contributed by atoms with van der Waals surface area (Å²) in [6.07, 6.45) is 0. The summed E-state index contributed by atoms with van der Waals surface area (Å²) in [5.74, 6) is 3.40. The van der Waals surface area contributed by atoms with Gasteiger partial charge in [0.25, 0.3) is 0 Å². The SMILES string of the molecule is CN1CCN(C#CCN2c3ccccc3Sc3ccccc32)CC1. The maximum Gasteiger partial charge on any atom is 0.0862 e. The fourth-order valence-corrected chi connectivity index (χ4v) is 4.19. The van der Waals surface area contributed by atoms with Crippen LogP contribution in [0.15, 0.2) is 58.3 Å². The molecule has 0 radical (unpaired) electrons. The molecule has 2 aliphatic heterocycles. The van der Waals surface area contributed by atoms with Crippen molar-refractivity contribution in [3.63, 3.8) is 0 Å². The third-order valence-electron chi connectivity index (χ3n) is 4.51. The Hall–Kier alpha value is -2.09. The lowest BCUT2D eigenvalue weighted by molar-refractivity contribution is 0.207. The molecule has 0 saturated carbocycles. The van der Waals surface area contributed by atoms with Crippen LogP contribution in [0, 0.1) is 12.0 Å². The van der Waals surface area contributed by atoms with E-state index in [1.165, 1.54) is 21.2 Å². The maximum atomic E-state index is 3.40. The number of hydrogen-bond acceptors (Lipinski definition) is 4. The Bertz CT molecular complexity index is 739. The van der Waals surface area contributed by atoms with Gasteiger partial charge >= 0.3 is 0 Å². The van der Waals surface area contributed by atoms with Crippen LogP contribution in [0.4, 0.5) is 11.4 Å². The second-order valence-corrected chi connectivity index (χ2v) is 7.29. The summed E-state index contributed by atoms with van der Waals surface area (Å²) >= 11 is 1.84. The number of hydrogen-bond donors (Lipinski definition) is 0. The van der Waals surface area contributed by atoms with Gasteiger partial charge < -0.3 is 14.7 Å². The molecule has 2 heterocycles. The highest BCUT2D eigenvalue weighted by Crippen LogP contribution is 2.47. The molecule has 0 bridgehead atoms. The topological polar surface area (TPSA) is 9.72 Å². The highest BCUT2D eigenvalue weighted by atomic mass is 32.2. The van der Waals surface area contributed by atoms with Crippen LogP contribution in [-0.4, -0.2) is 49.6 Å². The molecule has 0 aliphatic carbocycles. The minimum absolute atomic E-state index is 0.723. The standard InChI is InChI=1S/C20H21N3S/c1-21-13-15-22(16-14-21)11-6-12-23-17-7-2-4-9-19(17)24-20-10-5-3-8-18(20)23/h2-5,7-10H,12-16H2,1H3. The zero-order chi connectivity index (χ0) is 16.4. The summed E-state index contributed by atoms with van der Waals surface area (Å²) in [6.45, 7) is 4.99. The molecule has 0 atom stereocenters. The van der Waals surface area contributed by atoms with Crippen LogP contribution >= 0.6 is 11.8 Å². The van der Waals surface area contributed by atoms with Crippen molar-refractivity contribution >= 4 is 23.1 Å². The number of rotatable bonds is 1. The zero-order valence-corrected chi connectivity index (χ0v) is 14.7. The molecule has 1 saturated heterocycles. The van der Waals surface area contributed by atoms with Gasteiger partial charge in [0.05, 0.1) is 17.9 Å². The van der Waals surface area contributed by atoms with Crippen LogP contribution in [0.25, 0.3) is 0 Å². The van der Waals surface area contributed by atoms with E-state index >= 15 is 0 Å². The summed E-state index contributed by atoms with van der Waals surface area (Å²) in [6, 6.07) is 20.5. The molecule has 0 unspecified atom stereocenters. The molecule has 0 N–H and O–H groups in total. The average Bonchev–Trinajstić information content (AvgIpc) is 2.63. The van der Waals surface area contributed by atoms with Crippen molar-refractivity contribution in [2.24, 2.45) is 0 Å². The molecule has 3 nitrogen and oxygen atoms in total. The van der Waals surface area contributed by atoms with Gasteiger partial charge in [0, 0.05) is 42.0 Å². The summed E-state index contributed by atoms with van der Waals surface area (Å²) in [4.78, 5) is 9.54. The first-order valence-electron chi connectivity index (χ1n) is 8.37. The van der Waals surface area contributed by atoms with Gasteiger partial charge in [-0.2, -0.15) is 0 Å². The summed E-state index contributed by atoms with van der Waals surface area (Å²) in [5.41, 5.74) is 2.52. The predicted octanol–water partition coefficient (Wildman–Crippen LogP) is 3.50. The fourth-order valence-electron chi connectivity index (χ4n) is 3.10. The number of piperazine rings is 1. The summed E-state index contributed by atoms with van der Waals surface area (Å²) in [7, 11) is 2.17. The Morgan fingerprint density at radius 3 is 2.08 bits per heavy atom. The van der Waals surface area contributed by atoms with Crippen molar-refractivity contribution in [1.29, 1.82) is 0 Å². The van der Waals surface area contributed by atoms with E-state index < -0.39 is 0 Å². The summed E-state index contributed by atoms with van der Waals surface area (Å²) in [5, 5.41) is 0. The van der Waals surface area contributed by atoms with Crippen LogP contribution in [0.2, 0.25) is 0 Å². The van der Waals surface area contributed by atoms with Gasteiger partial charge in [-0.1, -0.05) is 41.9 Å². The van der Waals surface area contributed by atoms with Gasteiger partial charge in [-0.15, -0.1) is 0 Å². The number of fused-ring (bicyclic) bond motifs is 2. The van der Waals surface area contributed by atoms with Crippen molar-refractivity contribution in [3.05, 3.63) is 48.5 Å². The minimum Gasteiger partial charge on any atom is -0.330 e. The van der Waals surface area contributed by atoms with Crippen molar-refractivity contribution < 1.29 is 0 Å². The Labute approximate surface area is 148 Å². The molecular formula is C20H21N3S. The molecule has 4 heteroatoms. The first kappa shape index (κ1) is 15.4. The number of anilines is 2. The normalized spacial score (nSPS) is 16.9. The van der Waals surface area contributed by atoms with E-state index in [1.807, 2.05) is 11.8 Å². The van der Waals surface area contributed by atoms with Crippen LogP contribution in [0.5, 0.6) is 0 Å². The Balaban J connectivity index is 1.57. The Kier molecular flexibility index (Phi) is 4.38. The molecule has 1 fully saturated rings. The highest BCUT2D eigenvalue weighted by molar-refractivity contribution is 7.99. The Morgan fingerprint density at radius 2 is 1.46 bits per heavy atom. The first-order chi connectivity index (χ1) is 11.8. The van der Waals surface area contributed by atoms with Gasteiger partial charge in [-0.3, -0.25) is 0 Å². The van der Waals surface area contributed by atoms with E-state index in [0.29, 0.717) is 0 Å². The lowest BCUT2D eigenvalue weighted by Crippen LogP contribution is -2.42. The smallest absolute Gasteiger partial charge is 0.0862 e. The number of para-hydroxylation sites is 2. The molecule has 2 aliphatic rings. The van der Waals surface area contributed by atoms with Crippen molar-refractivity contribution in [1.82, 2.24) is 9.80 Å². The minimum atomic E-state index is 0.723. The molecule has 0 aromatic heterocycles. The highest BCUT2D eigenvalue weighted by Gasteiger charge is 2.21. The van der Waals surface area contributed by atoms with Crippen LogP contribution in [0.3, 0.4) is 0 Å². The van der Waals surface area contributed by atoms with Crippen molar-refractivity contribution in [3.8, 4) is 12.0 Å². The molecule has 0 spiro atoms. The average molecular weight is 335 g/mol. The number of nitrogens with zero attached hydrogens (tertiary/aromatic N) is 3. The van der Waals surface area contributed by atoms with Gasteiger partial charge in [0.1, 0.15) is 0 Å². The van der Waals surface area contributed by atoms with E-state index in [4.69, 9.17) is 0 Å². The van der Waals surface area contributed by atoms with Crippen LogP contribution in [-0.2, 0) is 0 Å². The quantitative estimate of drug-likeness (QED) is 0.738. The van der Waals surface area contributed by atoms with E-state index in [1.54, 1.807) is 0 Å². The van der Waals surface area contributed by atoms with E-state index in [0.717, 1.165) is 32.7 Å². The number of likely N-dealkylation sites (N-methyl/N-ethyl adjacent to an activating group) is 1. The van der Waals surface area contributed by atoms with E-state index in [9.17, 15) is 0 Å². The predicted molar refractivity (Wildman–Crippen MR) is 101 cm³/mol. The van der Waals surface area contributed by atoms with Crippen LogP contribution in [0.1, 0.15) is 0 Å². The molecule has 2 aromatic carbocycles. The molecular weight excluding hydrogens is 314 g/mol. The second-order valence-electron chi connectivity index (χ2n) is 6.20. The van der Waals surface area contributed by atoms with E-state index in [-0.39, 0.29) is 0 Å². The third kappa shape index (κ3) is 3.10. The lowest BCUT2D eigenvalue weighted by atomic mass is 10.2. The largest absolute Gasteiger partial charge is 0.330 e. The zero-order valence-electron chi connectivity index (χ0n) is 13.9. The maximum absolute atomic E-state index is 3.40. The monoisotopic (exact) mass is 335 g/mol.